The van der Waals surface area contributed by atoms with Gasteiger partial charge in [-0.25, -0.2) is 0 Å². The van der Waals surface area contributed by atoms with Crippen LogP contribution in [0.4, 0.5) is 0 Å². The summed E-state index contributed by atoms with van der Waals surface area (Å²) < 4.78 is 5.45. The van der Waals surface area contributed by atoms with Gasteiger partial charge in [-0.1, -0.05) is 61.7 Å². The van der Waals surface area contributed by atoms with Crippen molar-refractivity contribution in [3.8, 4) is 5.75 Å². The fraction of sp³-hybridized carbons (Fsp3) is 0.520. The third kappa shape index (κ3) is 6.37. The zero-order chi connectivity index (χ0) is 19.2. The van der Waals surface area contributed by atoms with Crippen molar-refractivity contribution in [3.05, 3.63) is 65.7 Å². The van der Waals surface area contributed by atoms with E-state index in [2.05, 4.69) is 58.3 Å². The Morgan fingerprint density at radius 3 is 2.23 bits per heavy atom. The summed E-state index contributed by atoms with van der Waals surface area (Å²) in [6, 6.07) is 20.9. The van der Waals surface area contributed by atoms with Gasteiger partial charge < -0.3 is 4.74 Å². The van der Waals surface area contributed by atoms with E-state index < -0.39 is 0 Å². The van der Waals surface area contributed by atoms with Crippen molar-refractivity contribution < 1.29 is 4.74 Å². The topological polar surface area (TPSA) is 15.7 Å². The molecule has 0 bridgehead atoms. The Morgan fingerprint density at radius 1 is 0.867 bits per heavy atom. The molecular formula is C25H36Cl2N2O. The number of hydrogen-bond acceptors (Lipinski definition) is 3. The average Bonchev–Trinajstić information content (AvgIpc) is 2.79. The van der Waals surface area contributed by atoms with Gasteiger partial charge in [-0.2, -0.15) is 0 Å². The van der Waals surface area contributed by atoms with Crippen molar-refractivity contribution in [1.82, 2.24) is 9.80 Å². The van der Waals surface area contributed by atoms with E-state index in [0.717, 1.165) is 18.2 Å². The lowest BCUT2D eigenvalue weighted by Gasteiger charge is -2.43. The second kappa shape index (κ2) is 12.6. The minimum absolute atomic E-state index is 0. The van der Waals surface area contributed by atoms with Gasteiger partial charge in [0, 0.05) is 38.3 Å². The molecule has 0 radical (unpaired) electrons. The van der Waals surface area contributed by atoms with Gasteiger partial charge in [-0.05, 0) is 42.5 Å². The van der Waals surface area contributed by atoms with Crippen molar-refractivity contribution in [2.45, 2.75) is 50.6 Å². The number of benzene rings is 2. The number of halogens is 2. The number of rotatable bonds is 6. The first-order valence-electron chi connectivity index (χ1n) is 11.0. The van der Waals surface area contributed by atoms with Crippen LogP contribution in [0.2, 0.25) is 0 Å². The minimum Gasteiger partial charge on any atom is -0.497 e. The third-order valence-corrected chi connectivity index (χ3v) is 6.63. The number of ether oxygens (including phenoxy) is 1. The monoisotopic (exact) mass is 450 g/mol. The lowest BCUT2D eigenvalue weighted by Crippen LogP contribution is -2.51. The van der Waals surface area contributed by atoms with Gasteiger partial charge in [0.05, 0.1) is 7.11 Å². The molecule has 2 fully saturated rings. The van der Waals surface area contributed by atoms with Crippen molar-refractivity contribution in [2.75, 3.05) is 33.3 Å². The van der Waals surface area contributed by atoms with Crippen LogP contribution in [0.1, 0.15) is 49.3 Å². The molecule has 1 aliphatic heterocycles. The summed E-state index contributed by atoms with van der Waals surface area (Å²) in [6.07, 6.45) is 8.14. The summed E-state index contributed by atoms with van der Waals surface area (Å²) >= 11 is 0. The molecule has 0 aromatic heterocycles. The van der Waals surface area contributed by atoms with Gasteiger partial charge in [0.1, 0.15) is 5.75 Å². The van der Waals surface area contributed by atoms with Gasteiger partial charge in [0.15, 0.2) is 0 Å². The molecule has 1 saturated heterocycles. The predicted molar refractivity (Wildman–Crippen MR) is 130 cm³/mol. The highest BCUT2D eigenvalue weighted by Crippen LogP contribution is 2.29. The molecule has 2 aliphatic rings. The first-order valence-corrected chi connectivity index (χ1v) is 11.0. The second-order valence-corrected chi connectivity index (χ2v) is 8.35. The lowest BCUT2D eigenvalue weighted by atomic mass is 9.93. The zero-order valence-corrected chi connectivity index (χ0v) is 19.7. The van der Waals surface area contributed by atoms with Crippen LogP contribution in [0.5, 0.6) is 5.75 Å². The Kier molecular flexibility index (Phi) is 10.5. The highest BCUT2D eigenvalue weighted by atomic mass is 35.5. The summed E-state index contributed by atoms with van der Waals surface area (Å²) in [5.74, 6) is 0.950. The molecule has 1 heterocycles. The molecule has 0 amide bonds. The summed E-state index contributed by atoms with van der Waals surface area (Å²) in [7, 11) is 1.75. The van der Waals surface area contributed by atoms with Crippen LogP contribution in [0.25, 0.3) is 0 Å². The van der Waals surface area contributed by atoms with Gasteiger partial charge in [-0.3, -0.25) is 9.80 Å². The Labute approximate surface area is 194 Å². The highest BCUT2D eigenvalue weighted by Gasteiger charge is 2.29. The van der Waals surface area contributed by atoms with Crippen LogP contribution in [-0.4, -0.2) is 49.1 Å². The quantitative estimate of drug-likeness (QED) is 0.554. The average molecular weight is 451 g/mol. The van der Waals surface area contributed by atoms with E-state index in [1.807, 2.05) is 6.07 Å². The zero-order valence-electron chi connectivity index (χ0n) is 18.0. The maximum Gasteiger partial charge on any atom is 0.119 e. The van der Waals surface area contributed by atoms with Gasteiger partial charge in [-0.15, -0.1) is 24.8 Å². The molecule has 30 heavy (non-hydrogen) atoms. The first-order chi connectivity index (χ1) is 13.8. The molecule has 1 aliphatic carbocycles. The normalized spacial score (nSPS) is 19.4. The maximum atomic E-state index is 5.45. The second-order valence-electron chi connectivity index (χ2n) is 8.35. The van der Waals surface area contributed by atoms with Gasteiger partial charge >= 0.3 is 0 Å². The van der Waals surface area contributed by atoms with E-state index in [9.17, 15) is 0 Å². The fourth-order valence-corrected chi connectivity index (χ4v) is 5.02. The van der Waals surface area contributed by atoms with Crippen LogP contribution in [0.15, 0.2) is 54.6 Å². The summed E-state index contributed by atoms with van der Waals surface area (Å²) in [6.45, 7) is 4.76. The van der Waals surface area contributed by atoms with E-state index in [0.29, 0.717) is 6.04 Å². The third-order valence-electron chi connectivity index (χ3n) is 6.63. The summed E-state index contributed by atoms with van der Waals surface area (Å²) in [5, 5.41) is 0. The molecule has 5 heteroatoms. The Balaban J connectivity index is 0.00000160. The maximum absolute atomic E-state index is 5.45. The van der Waals surface area contributed by atoms with Gasteiger partial charge in [0.2, 0.25) is 0 Å². The SMILES string of the molecule is COc1cccc(CC(c2ccccc2)N2CCN(C3CCCCC3)CC2)c1.Cl.Cl. The van der Waals surface area contributed by atoms with Crippen molar-refractivity contribution in [2.24, 2.45) is 0 Å². The Bertz CT molecular complexity index is 729. The number of nitrogens with zero attached hydrogens (tertiary/aromatic N) is 2. The van der Waals surface area contributed by atoms with Crippen LogP contribution in [-0.2, 0) is 6.42 Å². The minimum atomic E-state index is 0. The first kappa shape index (κ1) is 25.0. The molecule has 1 atom stereocenters. The highest BCUT2D eigenvalue weighted by molar-refractivity contribution is 5.85. The van der Waals surface area contributed by atoms with E-state index in [1.54, 1.807) is 7.11 Å². The fourth-order valence-electron chi connectivity index (χ4n) is 5.02. The smallest absolute Gasteiger partial charge is 0.119 e. The van der Waals surface area contributed by atoms with Crippen molar-refractivity contribution in [1.29, 1.82) is 0 Å². The number of hydrogen-bond donors (Lipinski definition) is 0. The predicted octanol–water partition coefficient (Wildman–Crippen LogP) is 5.77. The van der Waals surface area contributed by atoms with Crippen LogP contribution < -0.4 is 4.74 Å². The lowest BCUT2D eigenvalue weighted by molar-refractivity contribution is 0.0559. The molecule has 3 nitrogen and oxygen atoms in total. The molecule has 0 spiro atoms. The van der Waals surface area contributed by atoms with E-state index in [4.69, 9.17) is 4.74 Å². The van der Waals surface area contributed by atoms with Crippen molar-refractivity contribution >= 4 is 24.8 Å². The largest absolute Gasteiger partial charge is 0.497 e. The molecule has 1 unspecified atom stereocenters. The van der Waals surface area contributed by atoms with Crippen molar-refractivity contribution in [3.63, 3.8) is 0 Å². The molecule has 1 saturated carbocycles. The molecule has 2 aromatic carbocycles. The molecule has 2 aromatic rings. The molecule has 0 N–H and O–H groups in total. The Hall–Kier alpha value is -1.26. The molecule has 4 rings (SSSR count). The van der Waals surface area contributed by atoms with Crippen LogP contribution in [0, 0.1) is 0 Å². The standard InChI is InChI=1S/C25H34N2O.2ClH/c1-28-24-14-8-9-21(19-24)20-25(22-10-4-2-5-11-22)27-17-15-26(16-18-27)23-12-6-3-7-13-23;;/h2,4-5,8-11,14,19,23,25H,3,6-7,12-13,15-18,20H2,1H3;2*1H. The van der Waals surface area contributed by atoms with Crippen LogP contribution in [0.3, 0.4) is 0 Å². The number of methoxy groups -OCH3 is 1. The summed E-state index contributed by atoms with van der Waals surface area (Å²) in [4.78, 5) is 5.47. The molecular weight excluding hydrogens is 415 g/mol. The van der Waals surface area contributed by atoms with Crippen LogP contribution >= 0.6 is 24.8 Å². The van der Waals surface area contributed by atoms with E-state index in [1.165, 1.54) is 69.4 Å². The summed E-state index contributed by atoms with van der Waals surface area (Å²) in [5.41, 5.74) is 2.78. The number of piperazine rings is 1. The van der Waals surface area contributed by atoms with Gasteiger partial charge in [0.25, 0.3) is 0 Å². The molecule has 166 valence electrons. The van der Waals surface area contributed by atoms with E-state index in [-0.39, 0.29) is 24.8 Å². The van der Waals surface area contributed by atoms with E-state index >= 15 is 0 Å². The Morgan fingerprint density at radius 2 is 1.57 bits per heavy atom.